The van der Waals surface area contributed by atoms with Gasteiger partial charge in [0.05, 0.1) is 17.8 Å². The molecule has 0 bridgehead atoms. The molecule has 0 saturated heterocycles. The molecule has 1 aromatic rings. The van der Waals surface area contributed by atoms with E-state index in [4.69, 9.17) is 0 Å². The van der Waals surface area contributed by atoms with Gasteiger partial charge in [0, 0.05) is 19.2 Å². The highest BCUT2D eigenvalue weighted by molar-refractivity contribution is 5.65. The number of anilines is 1. The number of hydrogen-bond acceptors (Lipinski definition) is 4. The number of para-hydroxylation sites is 1. The molecule has 1 aromatic carbocycles. The molecule has 4 nitrogen and oxygen atoms in total. The lowest BCUT2D eigenvalue weighted by Gasteiger charge is -2.37. The summed E-state index contributed by atoms with van der Waals surface area (Å²) < 4.78 is 0. The molecule has 4 heteroatoms. The normalized spacial score (nSPS) is 25.1. The van der Waals surface area contributed by atoms with Crippen molar-refractivity contribution in [2.75, 3.05) is 25.5 Å². The average Bonchev–Trinajstić information content (AvgIpc) is 2.23. The van der Waals surface area contributed by atoms with Gasteiger partial charge in [0.2, 0.25) is 0 Å². The van der Waals surface area contributed by atoms with Gasteiger partial charge in [0.1, 0.15) is 5.75 Å². The summed E-state index contributed by atoms with van der Waals surface area (Å²) in [6.45, 7) is 0.683. The van der Waals surface area contributed by atoms with Gasteiger partial charge in [-0.1, -0.05) is 12.1 Å². The van der Waals surface area contributed by atoms with E-state index in [1.807, 2.05) is 25.1 Å². The molecule has 2 atom stereocenters. The van der Waals surface area contributed by atoms with Crippen LogP contribution in [0.15, 0.2) is 18.2 Å². The molecule has 2 rings (SSSR count). The minimum absolute atomic E-state index is 0.00398. The molecule has 0 saturated carbocycles. The van der Waals surface area contributed by atoms with Crippen LogP contribution in [0.25, 0.3) is 0 Å². The Balaban J connectivity index is 2.49. The van der Waals surface area contributed by atoms with Crippen LogP contribution in [0.3, 0.4) is 0 Å². The second-order valence-corrected chi connectivity index (χ2v) is 3.94. The number of phenols is 1. The fourth-order valence-electron chi connectivity index (χ4n) is 2.16. The van der Waals surface area contributed by atoms with Gasteiger partial charge in [-0.2, -0.15) is 0 Å². The first-order valence-corrected chi connectivity index (χ1v) is 5.03. The molecule has 0 spiro atoms. The van der Waals surface area contributed by atoms with Crippen LogP contribution >= 0.6 is 0 Å². The molecule has 1 aliphatic heterocycles. The number of aliphatic hydroxyl groups is 1. The van der Waals surface area contributed by atoms with E-state index < -0.39 is 6.10 Å². The third-order valence-corrected chi connectivity index (χ3v) is 2.97. The number of fused-ring (bicyclic) bond motifs is 1. The third kappa shape index (κ3) is 1.56. The van der Waals surface area contributed by atoms with E-state index in [9.17, 15) is 10.2 Å². The van der Waals surface area contributed by atoms with Crippen molar-refractivity contribution in [2.24, 2.45) is 0 Å². The Morgan fingerprint density at radius 1 is 1.47 bits per heavy atom. The number of phenolic OH excluding ortho intramolecular Hbond substituents is 1. The number of nitrogens with zero attached hydrogens (tertiary/aromatic N) is 1. The lowest BCUT2D eigenvalue weighted by molar-refractivity contribution is 0.129. The van der Waals surface area contributed by atoms with Crippen molar-refractivity contribution in [3.05, 3.63) is 23.8 Å². The largest absolute Gasteiger partial charge is 0.506 e. The van der Waals surface area contributed by atoms with Gasteiger partial charge >= 0.3 is 0 Å². The molecule has 0 amide bonds. The van der Waals surface area contributed by atoms with Crippen molar-refractivity contribution in [3.8, 4) is 5.75 Å². The Bertz CT molecular complexity index is 368. The summed E-state index contributed by atoms with van der Waals surface area (Å²) in [7, 11) is 3.74. The highest BCUT2D eigenvalue weighted by Gasteiger charge is 2.31. The molecule has 0 aliphatic carbocycles. The van der Waals surface area contributed by atoms with Crippen molar-refractivity contribution in [2.45, 2.75) is 12.1 Å². The van der Waals surface area contributed by atoms with Gasteiger partial charge in [-0.15, -0.1) is 0 Å². The number of likely N-dealkylation sites (N-methyl/N-ethyl adjacent to an activating group) is 2. The molecule has 0 radical (unpaired) electrons. The van der Waals surface area contributed by atoms with E-state index in [1.54, 1.807) is 12.1 Å². The SMILES string of the molecule is CNC1CN(C)c2c(O)cccc2C1O. The fraction of sp³-hybridized carbons (Fsp3) is 0.455. The minimum Gasteiger partial charge on any atom is -0.506 e. The predicted molar refractivity (Wildman–Crippen MR) is 59.2 cm³/mol. The number of rotatable bonds is 1. The van der Waals surface area contributed by atoms with Crippen LogP contribution < -0.4 is 10.2 Å². The molecule has 2 unspecified atom stereocenters. The second-order valence-electron chi connectivity index (χ2n) is 3.94. The number of aliphatic hydroxyl groups excluding tert-OH is 1. The van der Waals surface area contributed by atoms with Crippen LogP contribution in [0.4, 0.5) is 5.69 Å². The van der Waals surface area contributed by atoms with Gasteiger partial charge in [-0.05, 0) is 13.1 Å². The Morgan fingerprint density at radius 2 is 2.20 bits per heavy atom. The van der Waals surface area contributed by atoms with Crippen molar-refractivity contribution < 1.29 is 10.2 Å². The smallest absolute Gasteiger partial charge is 0.139 e. The number of benzene rings is 1. The molecule has 82 valence electrons. The van der Waals surface area contributed by atoms with Crippen molar-refractivity contribution in [1.82, 2.24) is 5.32 Å². The molecule has 1 heterocycles. The van der Waals surface area contributed by atoms with Gasteiger partial charge in [0.15, 0.2) is 0 Å². The predicted octanol–water partition coefficient (Wildman–Crippen LogP) is 0.463. The van der Waals surface area contributed by atoms with E-state index in [1.165, 1.54) is 0 Å². The number of hydrogen-bond donors (Lipinski definition) is 3. The maximum Gasteiger partial charge on any atom is 0.139 e. The third-order valence-electron chi connectivity index (χ3n) is 2.97. The Morgan fingerprint density at radius 3 is 2.87 bits per heavy atom. The summed E-state index contributed by atoms with van der Waals surface area (Å²) in [5.74, 6) is 0.226. The summed E-state index contributed by atoms with van der Waals surface area (Å²) in [6, 6.07) is 5.24. The monoisotopic (exact) mass is 208 g/mol. The Hall–Kier alpha value is -1.26. The molecule has 0 fully saturated rings. The topological polar surface area (TPSA) is 55.7 Å². The van der Waals surface area contributed by atoms with E-state index in [2.05, 4.69) is 5.32 Å². The quantitative estimate of drug-likeness (QED) is 0.627. The molecule has 3 N–H and O–H groups in total. The summed E-state index contributed by atoms with van der Waals surface area (Å²) in [5.41, 5.74) is 1.51. The average molecular weight is 208 g/mol. The van der Waals surface area contributed by atoms with Crippen molar-refractivity contribution in [3.63, 3.8) is 0 Å². The zero-order valence-electron chi connectivity index (χ0n) is 8.94. The van der Waals surface area contributed by atoms with Gasteiger partial charge in [-0.3, -0.25) is 0 Å². The number of aromatic hydroxyl groups is 1. The zero-order valence-corrected chi connectivity index (χ0v) is 8.94. The summed E-state index contributed by atoms with van der Waals surface area (Å²) >= 11 is 0. The van der Waals surface area contributed by atoms with Gasteiger partial charge in [0.25, 0.3) is 0 Å². The van der Waals surface area contributed by atoms with Crippen LogP contribution in [-0.4, -0.2) is 36.9 Å². The highest BCUT2D eigenvalue weighted by atomic mass is 16.3. The van der Waals surface area contributed by atoms with Crippen LogP contribution in [0.5, 0.6) is 5.75 Å². The molecular formula is C11H16N2O2. The maximum atomic E-state index is 10.1. The van der Waals surface area contributed by atoms with Crippen LogP contribution in [-0.2, 0) is 0 Å². The van der Waals surface area contributed by atoms with Gasteiger partial charge < -0.3 is 20.4 Å². The summed E-state index contributed by atoms with van der Waals surface area (Å²) in [6.07, 6.45) is -0.562. The molecular weight excluding hydrogens is 192 g/mol. The standard InChI is InChI=1S/C11H16N2O2/c1-12-8-6-13(2)10-7(11(8)15)4-3-5-9(10)14/h3-5,8,11-12,14-15H,6H2,1-2H3. The first-order chi connectivity index (χ1) is 7.15. The fourth-order valence-corrected chi connectivity index (χ4v) is 2.16. The van der Waals surface area contributed by atoms with E-state index >= 15 is 0 Å². The number of nitrogens with one attached hydrogen (secondary N) is 1. The van der Waals surface area contributed by atoms with Crippen molar-refractivity contribution in [1.29, 1.82) is 0 Å². The Kier molecular flexibility index (Phi) is 2.54. The minimum atomic E-state index is -0.562. The first kappa shape index (κ1) is 10.3. The molecule has 15 heavy (non-hydrogen) atoms. The van der Waals surface area contributed by atoms with Crippen molar-refractivity contribution >= 4 is 5.69 Å². The van der Waals surface area contributed by atoms with Crippen LogP contribution in [0.1, 0.15) is 11.7 Å². The lowest BCUT2D eigenvalue weighted by atomic mass is 9.95. The van der Waals surface area contributed by atoms with E-state index in [0.717, 1.165) is 11.3 Å². The van der Waals surface area contributed by atoms with E-state index in [-0.39, 0.29) is 11.8 Å². The first-order valence-electron chi connectivity index (χ1n) is 5.03. The summed E-state index contributed by atoms with van der Waals surface area (Å²) in [5, 5.41) is 22.9. The van der Waals surface area contributed by atoms with Crippen LogP contribution in [0.2, 0.25) is 0 Å². The van der Waals surface area contributed by atoms with Gasteiger partial charge in [-0.25, -0.2) is 0 Å². The molecule has 1 aliphatic rings. The van der Waals surface area contributed by atoms with Crippen LogP contribution in [0, 0.1) is 0 Å². The molecule has 0 aromatic heterocycles. The lowest BCUT2D eigenvalue weighted by Crippen LogP contribution is -2.46. The zero-order chi connectivity index (χ0) is 11.0. The summed E-state index contributed by atoms with van der Waals surface area (Å²) in [4.78, 5) is 1.96. The second kappa shape index (κ2) is 3.72. The van der Waals surface area contributed by atoms with E-state index in [0.29, 0.717) is 6.54 Å². The Labute approximate surface area is 89.1 Å². The highest BCUT2D eigenvalue weighted by Crippen LogP contribution is 2.38. The maximum absolute atomic E-state index is 10.1.